The topological polar surface area (TPSA) is 44.7 Å². The van der Waals surface area contributed by atoms with Crippen LogP contribution < -0.4 is 10.1 Å². The summed E-state index contributed by atoms with van der Waals surface area (Å²) in [5, 5.41) is 14.4. The van der Waals surface area contributed by atoms with E-state index in [1.54, 1.807) is 0 Å². The molecule has 1 unspecified atom stereocenters. The SMILES string of the molecule is Cc1ccc(Oc2cccc(CNC(Cc3ccccc3Cl)CN3CCC(O)CC3)c2)cc1. The van der Waals surface area contributed by atoms with Crippen LogP contribution in [0.2, 0.25) is 5.02 Å². The third-order valence-electron chi connectivity index (χ3n) is 6.21. The van der Waals surface area contributed by atoms with Crippen LogP contribution in [0.25, 0.3) is 0 Å². The number of nitrogens with zero attached hydrogens (tertiary/aromatic N) is 1. The highest BCUT2D eigenvalue weighted by molar-refractivity contribution is 6.31. The zero-order valence-electron chi connectivity index (χ0n) is 19.2. The van der Waals surface area contributed by atoms with Crippen LogP contribution in [0.5, 0.6) is 11.5 Å². The highest BCUT2D eigenvalue weighted by atomic mass is 35.5. The van der Waals surface area contributed by atoms with E-state index in [1.807, 2.05) is 42.5 Å². The van der Waals surface area contributed by atoms with E-state index in [0.29, 0.717) is 0 Å². The molecule has 0 saturated carbocycles. The lowest BCUT2D eigenvalue weighted by Crippen LogP contribution is -2.45. The first-order valence-electron chi connectivity index (χ1n) is 11.8. The molecule has 3 aromatic carbocycles. The molecule has 1 aliphatic rings. The van der Waals surface area contributed by atoms with Crippen molar-refractivity contribution in [2.45, 2.75) is 44.9 Å². The molecular formula is C28H33ClN2O2. The molecule has 4 nitrogen and oxygen atoms in total. The first kappa shape index (κ1) is 23.8. The Morgan fingerprint density at radius 3 is 2.52 bits per heavy atom. The molecule has 33 heavy (non-hydrogen) atoms. The summed E-state index contributed by atoms with van der Waals surface area (Å²) in [6, 6.07) is 24.7. The van der Waals surface area contributed by atoms with Crippen molar-refractivity contribution in [3.8, 4) is 11.5 Å². The van der Waals surface area contributed by atoms with Gasteiger partial charge in [0.2, 0.25) is 0 Å². The number of ether oxygens (including phenoxy) is 1. The van der Waals surface area contributed by atoms with Gasteiger partial charge in [0.05, 0.1) is 6.10 Å². The normalized spacial score (nSPS) is 16.0. The number of hydrogen-bond donors (Lipinski definition) is 2. The van der Waals surface area contributed by atoms with Crippen LogP contribution in [0, 0.1) is 6.92 Å². The van der Waals surface area contributed by atoms with Crippen molar-refractivity contribution in [2.24, 2.45) is 0 Å². The number of aryl methyl sites for hydroxylation is 1. The summed E-state index contributed by atoms with van der Waals surface area (Å²) in [6.45, 7) is 5.61. The van der Waals surface area contributed by atoms with Gasteiger partial charge in [0.1, 0.15) is 11.5 Å². The highest BCUT2D eigenvalue weighted by Crippen LogP contribution is 2.23. The van der Waals surface area contributed by atoms with Crippen LogP contribution in [0.4, 0.5) is 0 Å². The zero-order valence-corrected chi connectivity index (χ0v) is 20.0. The summed E-state index contributed by atoms with van der Waals surface area (Å²) in [5.41, 5.74) is 3.55. The molecule has 3 aromatic rings. The second-order valence-corrected chi connectivity index (χ2v) is 9.37. The number of halogens is 1. The molecule has 4 rings (SSSR count). The minimum atomic E-state index is -0.160. The molecule has 5 heteroatoms. The van der Waals surface area contributed by atoms with Gasteiger partial charge in [-0.2, -0.15) is 0 Å². The van der Waals surface area contributed by atoms with E-state index in [0.717, 1.165) is 67.5 Å². The Bertz CT molecular complexity index is 1020. The Morgan fingerprint density at radius 2 is 1.76 bits per heavy atom. The molecule has 0 amide bonds. The molecule has 1 heterocycles. The number of nitrogens with one attached hydrogen (secondary N) is 1. The van der Waals surface area contributed by atoms with Gasteiger partial charge in [0, 0.05) is 37.2 Å². The van der Waals surface area contributed by atoms with Gasteiger partial charge < -0.3 is 20.1 Å². The standard InChI is InChI=1S/C28H33ClN2O2/c1-21-9-11-26(12-10-21)33-27-7-4-5-22(17-27)19-30-24(18-23-6-2-3-8-28(23)29)20-31-15-13-25(32)14-16-31/h2-12,17,24-25,30,32H,13-16,18-20H2,1H3. The maximum atomic E-state index is 9.86. The van der Waals surface area contributed by atoms with E-state index in [4.69, 9.17) is 16.3 Å². The Balaban J connectivity index is 1.41. The first-order valence-corrected chi connectivity index (χ1v) is 12.1. The summed E-state index contributed by atoms with van der Waals surface area (Å²) in [4.78, 5) is 2.44. The molecular weight excluding hydrogens is 432 g/mol. The predicted molar refractivity (Wildman–Crippen MR) is 135 cm³/mol. The third kappa shape index (κ3) is 7.31. The summed E-state index contributed by atoms with van der Waals surface area (Å²) in [7, 11) is 0. The van der Waals surface area contributed by atoms with Crippen LogP contribution in [0.3, 0.4) is 0 Å². The zero-order chi connectivity index (χ0) is 23.0. The Morgan fingerprint density at radius 1 is 1.00 bits per heavy atom. The second kappa shape index (κ2) is 11.7. The van der Waals surface area contributed by atoms with Crippen molar-refractivity contribution in [3.05, 3.63) is 94.5 Å². The van der Waals surface area contributed by atoms with Crippen molar-refractivity contribution >= 4 is 11.6 Å². The number of likely N-dealkylation sites (tertiary alicyclic amines) is 1. The molecule has 1 aliphatic heterocycles. The van der Waals surface area contributed by atoms with E-state index in [9.17, 15) is 5.11 Å². The molecule has 0 radical (unpaired) electrons. The van der Waals surface area contributed by atoms with Gasteiger partial charge >= 0.3 is 0 Å². The van der Waals surface area contributed by atoms with Crippen molar-refractivity contribution in [1.82, 2.24) is 10.2 Å². The molecule has 1 atom stereocenters. The lowest BCUT2D eigenvalue weighted by molar-refractivity contribution is 0.0776. The number of hydrogen-bond acceptors (Lipinski definition) is 4. The van der Waals surface area contributed by atoms with Gasteiger partial charge in [0.15, 0.2) is 0 Å². The van der Waals surface area contributed by atoms with Crippen molar-refractivity contribution in [3.63, 3.8) is 0 Å². The summed E-state index contributed by atoms with van der Waals surface area (Å²) in [5.74, 6) is 1.68. The van der Waals surface area contributed by atoms with E-state index in [-0.39, 0.29) is 12.1 Å². The minimum absolute atomic E-state index is 0.160. The first-order chi connectivity index (χ1) is 16.0. The van der Waals surface area contributed by atoms with Crippen LogP contribution in [0.1, 0.15) is 29.5 Å². The Labute approximate surface area is 202 Å². The van der Waals surface area contributed by atoms with Gasteiger partial charge in [-0.1, -0.05) is 59.6 Å². The van der Waals surface area contributed by atoms with Gasteiger partial charge in [0.25, 0.3) is 0 Å². The van der Waals surface area contributed by atoms with Gasteiger partial charge in [-0.25, -0.2) is 0 Å². The third-order valence-corrected chi connectivity index (χ3v) is 6.58. The lowest BCUT2D eigenvalue weighted by atomic mass is 10.0. The second-order valence-electron chi connectivity index (χ2n) is 8.97. The van der Waals surface area contributed by atoms with Crippen LogP contribution >= 0.6 is 11.6 Å². The summed E-state index contributed by atoms with van der Waals surface area (Å²) >= 11 is 6.46. The smallest absolute Gasteiger partial charge is 0.127 e. The van der Waals surface area contributed by atoms with Crippen LogP contribution in [-0.2, 0) is 13.0 Å². The van der Waals surface area contributed by atoms with E-state index < -0.39 is 0 Å². The number of aliphatic hydroxyl groups excluding tert-OH is 1. The molecule has 0 bridgehead atoms. The van der Waals surface area contributed by atoms with Crippen molar-refractivity contribution < 1.29 is 9.84 Å². The fraction of sp³-hybridized carbons (Fsp3) is 0.357. The van der Waals surface area contributed by atoms with E-state index >= 15 is 0 Å². The molecule has 0 aromatic heterocycles. The van der Waals surface area contributed by atoms with Crippen LogP contribution in [0.15, 0.2) is 72.8 Å². The Kier molecular flexibility index (Phi) is 8.40. The molecule has 1 saturated heterocycles. The number of benzene rings is 3. The average Bonchev–Trinajstić information content (AvgIpc) is 2.82. The molecule has 0 spiro atoms. The maximum Gasteiger partial charge on any atom is 0.127 e. The van der Waals surface area contributed by atoms with E-state index in [1.165, 1.54) is 11.1 Å². The Hall–Kier alpha value is -2.37. The van der Waals surface area contributed by atoms with Gasteiger partial charge in [-0.05, 0) is 67.6 Å². The van der Waals surface area contributed by atoms with Gasteiger partial charge in [-0.15, -0.1) is 0 Å². The molecule has 2 N–H and O–H groups in total. The average molecular weight is 465 g/mol. The minimum Gasteiger partial charge on any atom is -0.457 e. The predicted octanol–water partition coefficient (Wildman–Crippen LogP) is 5.60. The van der Waals surface area contributed by atoms with Crippen molar-refractivity contribution in [1.29, 1.82) is 0 Å². The summed E-state index contributed by atoms with van der Waals surface area (Å²) < 4.78 is 6.05. The number of piperidine rings is 1. The van der Waals surface area contributed by atoms with E-state index in [2.05, 4.69) is 47.5 Å². The molecule has 1 fully saturated rings. The quantitative estimate of drug-likeness (QED) is 0.432. The number of aliphatic hydroxyl groups is 1. The molecule has 0 aliphatic carbocycles. The summed E-state index contributed by atoms with van der Waals surface area (Å²) in [6.07, 6.45) is 2.39. The van der Waals surface area contributed by atoms with Crippen molar-refractivity contribution in [2.75, 3.05) is 19.6 Å². The largest absolute Gasteiger partial charge is 0.457 e. The lowest BCUT2D eigenvalue weighted by Gasteiger charge is -2.33. The number of rotatable bonds is 9. The fourth-order valence-corrected chi connectivity index (χ4v) is 4.48. The highest BCUT2D eigenvalue weighted by Gasteiger charge is 2.21. The monoisotopic (exact) mass is 464 g/mol. The van der Waals surface area contributed by atoms with Gasteiger partial charge in [-0.3, -0.25) is 0 Å². The maximum absolute atomic E-state index is 9.86. The van der Waals surface area contributed by atoms with Crippen LogP contribution in [-0.4, -0.2) is 41.8 Å². The fourth-order valence-electron chi connectivity index (χ4n) is 4.27. The molecule has 174 valence electrons.